The lowest BCUT2D eigenvalue weighted by Gasteiger charge is -2.10. The smallest absolute Gasteiger partial charge is 0.261 e. The Bertz CT molecular complexity index is 776. The van der Waals surface area contributed by atoms with E-state index >= 15 is 0 Å². The van der Waals surface area contributed by atoms with Crippen LogP contribution in [0, 0.1) is 18.6 Å². The maximum Gasteiger partial charge on any atom is 0.261 e. The molecule has 112 valence electrons. The molecule has 2 aromatic rings. The summed E-state index contributed by atoms with van der Waals surface area (Å²) in [5.41, 5.74) is 0.0126. The molecular weight excluding hydrogens is 300 g/mol. The van der Waals surface area contributed by atoms with Crippen LogP contribution in [0.3, 0.4) is 0 Å². The summed E-state index contributed by atoms with van der Waals surface area (Å²) in [7, 11) is -4.07. The number of hydrogen-bond donors (Lipinski definition) is 2. The van der Waals surface area contributed by atoms with Crippen molar-refractivity contribution in [3.63, 3.8) is 0 Å². The van der Waals surface area contributed by atoms with Gasteiger partial charge in [0.05, 0.1) is 17.2 Å². The van der Waals surface area contributed by atoms with Gasteiger partial charge in [-0.2, -0.15) is 0 Å². The van der Waals surface area contributed by atoms with E-state index in [2.05, 4.69) is 0 Å². The van der Waals surface area contributed by atoms with E-state index in [1.807, 2.05) is 4.72 Å². The molecule has 2 aromatic carbocycles. The number of benzene rings is 2. The number of aliphatic hydroxyl groups excluding tert-OH is 1. The fourth-order valence-electron chi connectivity index (χ4n) is 1.74. The SMILES string of the molecule is Cc1cc(F)c(NS(=O)(=O)c2cccc(CO)c2)cc1F. The highest BCUT2D eigenvalue weighted by atomic mass is 32.2. The van der Waals surface area contributed by atoms with Crippen molar-refractivity contribution in [2.45, 2.75) is 18.4 Å². The minimum Gasteiger partial charge on any atom is -0.392 e. The van der Waals surface area contributed by atoms with E-state index in [4.69, 9.17) is 5.11 Å². The molecule has 0 aliphatic heterocycles. The van der Waals surface area contributed by atoms with Crippen LogP contribution in [0.15, 0.2) is 41.3 Å². The van der Waals surface area contributed by atoms with E-state index in [9.17, 15) is 17.2 Å². The van der Waals surface area contributed by atoms with Gasteiger partial charge < -0.3 is 5.11 Å². The van der Waals surface area contributed by atoms with Crippen molar-refractivity contribution in [1.82, 2.24) is 0 Å². The molecule has 7 heteroatoms. The predicted octanol–water partition coefficient (Wildman–Crippen LogP) is 2.57. The molecule has 0 saturated heterocycles. The Morgan fingerprint density at radius 3 is 2.52 bits per heavy atom. The first-order valence-electron chi connectivity index (χ1n) is 6.02. The third kappa shape index (κ3) is 3.37. The van der Waals surface area contributed by atoms with Gasteiger partial charge in [0.2, 0.25) is 0 Å². The zero-order chi connectivity index (χ0) is 15.6. The van der Waals surface area contributed by atoms with Crippen molar-refractivity contribution < 1.29 is 22.3 Å². The van der Waals surface area contributed by atoms with Gasteiger partial charge in [0.25, 0.3) is 10.0 Å². The zero-order valence-corrected chi connectivity index (χ0v) is 11.9. The molecule has 0 spiro atoms. The van der Waals surface area contributed by atoms with Crippen LogP contribution in [0.2, 0.25) is 0 Å². The number of sulfonamides is 1. The summed E-state index contributed by atoms with van der Waals surface area (Å²) >= 11 is 0. The fourth-order valence-corrected chi connectivity index (χ4v) is 2.87. The zero-order valence-electron chi connectivity index (χ0n) is 11.1. The molecule has 0 radical (unpaired) electrons. The Labute approximate surface area is 121 Å². The molecule has 0 unspecified atom stereocenters. The molecule has 0 saturated carbocycles. The molecule has 0 atom stereocenters. The standard InChI is InChI=1S/C14H13F2NO3S/c1-9-5-13(16)14(7-12(9)15)17-21(19,20)11-4-2-3-10(6-11)8-18/h2-7,17-18H,8H2,1H3. The van der Waals surface area contributed by atoms with Gasteiger partial charge in [-0.25, -0.2) is 17.2 Å². The third-order valence-corrected chi connectivity index (χ3v) is 4.25. The second-order valence-electron chi connectivity index (χ2n) is 4.49. The molecule has 4 nitrogen and oxygen atoms in total. The van der Waals surface area contributed by atoms with Crippen molar-refractivity contribution >= 4 is 15.7 Å². The van der Waals surface area contributed by atoms with Crippen LogP contribution in [0.4, 0.5) is 14.5 Å². The first-order valence-corrected chi connectivity index (χ1v) is 7.50. The maximum atomic E-state index is 13.7. The molecule has 0 aliphatic carbocycles. The number of nitrogens with one attached hydrogen (secondary N) is 1. The molecule has 21 heavy (non-hydrogen) atoms. The van der Waals surface area contributed by atoms with Crippen molar-refractivity contribution in [3.05, 3.63) is 59.2 Å². The molecule has 0 bridgehead atoms. The number of aryl methyl sites for hydroxylation is 1. The predicted molar refractivity (Wildman–Crippen MR) is 74.3 cm³/mol. The van der Waals surface area contributed by atoms with E-state index < -0.39 is 27.3 Å². The summed E-state index contributed by atoms with van der Waals surface area (Å²) in [5.74, 6) is -1.58. The van der Waals surface area contributed by atoms with Gasteiger partial charge in [-0.15, -0.1) is 0 Å². The van der Waals surface area contributed by atoms with Crippen molar-refractivity contribution in [1.29, 1.82) is 0 Å². The van der Waals surface area contributed by atoms with E-state index in [0.717, 1.165) is 12.1 Å². The normalized spacial score (nSPS) is 11.4. The number of anilines is 1. The molecule has 0 amide bonds. The Morgan fingerprint density at radius 2 is 1.86 bits per heavy atom. The highest BCUT2D eigenvalue weighted by molar-refractivity contribution is 7.92. The van der Waals surface area contributed by atoms with E-state index in [-0.39, 0.29) is 17.1 Å². The maximum absolute atomic E-state index is 13.7. The van der Waals surface area contributed by atoms with Crippen molar-refractivity contribution in [2.75, 3.05) is 4.72 Å². The average Bonchev–Trinajstić information content (AvgIpc) is 2.44. The molecule has 2 rings (SSSR count). The first-order chi connectivity index (χ1) is 9.83. The second kappa shape index (κ2) is 5.79. The Balaban J connectivity index is 2.39. The summed E-state index contributed by atoms with van der Waals surface area (Å²) in [6.45, 7) is 1.05. The lowest BCUT2D eigenvalue weighted by Crippen LogP contribution is -2.14. The van der Waals surface area contributed by atoms with E-state index in [1.165, 1.54) is 25.1 Å². The van der Waals surface area contributed by atoms with Gasteiger partial charge in [-0.05, 0) is 36.2 Å². The second-order valence-corrected chi connectivity index (χ2v) is 6.17. The van der Waals surface area contributed by atoms with E-state index in [0.29, 0.717) is 5.56 Å². The summed E-state index contributed by atoms with van der Waals surface area (Å²) in [4.78, 5) is -0.144. The summed E-state index contributed by atoms with van der Waals surface area (Å²) < 4.78 is 53.4. The van der Waals surface area contributed by atoms with Crippen molar-refractivity contribution in [3.8, 4) is 0 Å². The lowest BCUT2D eigenvalue weighted by atomic mass is 10.2. The van der Waals surface area contributed by atoms with Crippen LogP contribution >= 0.6 is 0 Å². The number of rotatable bonds is 4. The van der Waals surface area contributed by atoms with Crippen molar-refractivity contribution in [2.24, 2.45) is 0 Å². The van der Waals surface area contributed by atoms with Gasteiger partial charge in [0.15, 0.2) is 0 Å². The molecule has 2 N–H and O–H groups in total. The third-order valence-electron chi connectivity index (χ3n) is 2.88. The first kappa shape index (κ1) is 15.4. The number of halogens is 2. The quantitative estimate of drug-likeness (QED) is 0.911. The molecule has 0 aromatic heterocycles. The minimum absolute atomic E-state index is 0.0812. The highest BCUT2D eigenvalue weighted by Crippen LogP contribution is 2.22. The molecular formula is C14H13F2NO3S. The van der Waals surface area contributed by atoms with Gasteiger partial charge >= 0.3 is 0 Å². The number of hydrogen-bond acceptors (Lipinski definition) is 3. The Kier molecular flexibility index (Phi) is 4.24. The molecule has 0 aliphatic rings. The highest BCUT2D eigenvalue weighted by Gasteiger charge is 2.18. The Hall–Kier alpha value is -1.99. The van der Waals surface area contributed by atoms with E-state index in [1.54, 1.807) is 6.07 Å². The van der Waals surface area contributed by atoms with Crippen LogP contribution < -0.4 is 4.72 Å². The fraction of sp³-hybridized carbons (Fsp3) is 0.143. The largest absolute Gasteiger partial charge is 0.392 e. The van der Waals surface area contributed by atoms with Gasteiger partial charge in [0.1, 0.15) is 11.6 Å². The van der Waals surface area contributed by atoms with Crippen LogP contribution in [0.5, 0.6) is 0 Å². The van der Waals surface area contributed by atoms with Gasteiger partial charge in [-0.3, -0.25) is 4.72 Å². The lowest BCUT2D eigenvalue weighted by molar-refractivity contribution is 0.281. The summed E-state index contributed by atoms with van der Waals surface area (Å²) in [5, 5.41) is 9.00. The molecule has 0 heterocycles. The van der Waals surface area contributed by atoms with Gasteiger partial charge in [0, 0.05) is 6.07 Å². The molecule has 0 fully saturated rings. The topological polar surface area (TPSA) is 66.4 Å². The van der Waals surface area contributed by atoms with Crippen LogP contribution in [-0.4, -0.2) is 13.5 Å². The summed E-state index contributed by atoms with van der Waals surface area (Å²) in [6.07, 6.45) is 0. The van der Waals surface area contributed by atoms with Crippen LogP contribution in [0.1, 0.15) is 11.1 Å². The van der Waals surface area contributed by atoms with Crippen LogP contribution in [-0.2, 0) is 16.6 Å². The number of aliphatic hydroxyl groups is 1. The monoisotopic (exact) mass is 313 g/mol. The van der Waals surface area contributed by atoms with Crippen LogP contribution in [0.25, 0.3) is 0 Å². The summed E-state index contributed by atoms with van der Waals surface area (Å²) in [6, 6.07) is 7.25. The van der Waals surface area contributed by atoms with Gasteiger partial charge in [-0.1, -0.05) is 12.1 Å². The Morgan fingerprint density at radius 1 is 1.14 bits per heavy atom. The minimum atomic E-state index is -4.07. The average molecular weight is 313 g/mol.